The minimum Gasteiger partial charge on any atom is -0.444 e. The van der Waals surface area contributed by atoms with E-state index in [0.717, 1.165) is 0 Å². The first-order valence-electron chi connectivity index (χ1n) is 10.5. The van der Waals surface area contributed by atoms with Gasteiger partial charge in [-0.1, -0.05) is 0 Å². The van der Waals surface area contributed by atoms with Crippen molar-refractivity contribution in [1.82, 2.24) is 14.7 Å². The van der Waals surface area contributed by atoms with E-state index in [1.807, 2.05) is 0 Å². The van der Waals surface area contributed by atoms with Gasteiger partial charge in [-0.2, -0.15) is 0 Å². The summed E-state index contributed by atoms with van der Waals surface area (Å²) in [5.74, 6) is -0.961. The molecule has 0 spiro atoms. The van der Waals surface area contributed by atoms with Gasteiger partial charge >= 0.3 is 6.09 Å². The summed E-state index contributed by atoms with van der Waals surface area (Å²) in [7, 11) is 0. The molecule has 0 aromatic heterocycles. The molecule has 0 saturated carbocycles. The van der Waals surface area contributed by atoms with E-state index >= 15 is 0 Å². The van der Waals surface area contributed by atoms with E-state index in [1.54, 1.807) is 37.5 Å². The smallest absolute Gasteiger partial charge is 0.410 e. The third-order valence-corrected chi connectivity index (χ3v) is 5.45. The van der Waals surface area contributed by atoms with Crippen LogP contribution in [0.5, 0.6) is 0 Å². The van der Waals surface area contributed by atoms with Crippen LogP contribution in [-0.2, 0) is 14.3 Å². The normalized spacial score (nSPS) is 27.0. The van der Waals surface area contributed by atoms with E-state index in [9.17, 15) is 24.6 Å². The summed E-state index contributed by atoms with van der Waals surface area (Å²) in [6.45, 7) is 9.77. The van der Waals surface area contributed by atoms with Gasteiger partial charge < -0.3 is 25.6 Å². The second-order valence-corrected chi connectivity index (χ2v) is 9.34. The zero-order valence-corrected chi connectivity index (χ0v) is 18.6. The number of rotatable bonds is 6. The van der Waals surface area contributed by atoms with E-state index < -0.39 is 47.8 Å². The standard InChI is InChI=1S/C20H36N4O6/c1-12(25)10-22-9-7-15(16(22)17(21)27)24(19(29)30-20(3,4)5)14-6-8-23(11-14)18(28)13(2)26/h12-16,25-26H,6-11H2,1-5H3,(H2,21,27)/t12-,13-,14-,15-,16?/m1/s1. The van der Waals surface area contributed by atoms with Gasteiger partial charge in [-0.3, -0.25) is 19.4 Å². The number of nitrogens with zero attached hydrogens (tertiary/aromatic N) is 3. The summed E-state index contributed by atoms with van der Waals surface area (Å²) in [4.78, 5) is 42.6. The number of primary amides is 1. The Morgan fingerprint density at radius 3 is 2.30 bits per heavy atom. The molecule has 2 aliphatic heterocycles. The third kappa shape index (κ3) is 5.83. The number of carbonyl (C=O) groups excluding carboxylic acids is 3. The Labute approximate surface area is 177 Å². The Morgan fingerprint density at radius 2 is 1.80 bits per heavy atom. The molecule has 2 fully saturated rings. The fourth-order valence-electron chi connectivity index (χ4n) is 4.35. The molecule has 0 aromatic rings. The second-order valence-electron chi connectivity index (χ2n) is 9.34. The molecule has 172 valence electrons. The van der Waals surface area contributed by atoms with Gasteiger partial charge in [-0.15, -0.1) is 0 Å². The number of hydrogen-bond donors (Lipinski definition) is 3. The molecular formula is C20H36N4O6. The molecule has 5 atom stereocenters. The van der Waals surface area contributed by atoms with Crippen molar-refractivity contribution in [2.75, 3.05) is 26.2 Å². The third-order valence-electron chi connectivity index (χ3n) is 5.45. The number of aliphatic hydroxyl groups excluding tert-OH is 2. The Kier molecular flexibility index (Phi) is 7.70. The van der Waals surface area contributed by atoms with Crippen molar-refractivity contribution in [3.8, 4) is 0 Å². The minimum atomic E-state index is -1.12. The first-order valence-corrected chi connectivity index (χ1v) is 10.5. The van der Waals surface area contributed by atoms with E-state index in [1.165, 1.54) is 11.8 Å². The lowest BCUT2D eigenvalue weighted by atomic mass is 10.0. The molecule has 0 aromatic carbocycles. The van der Waals surface area contributed by atoms with Crippen molar-refractivity contribution in [2.45, 2.75) is 83.4 Å². The fourth-order valence-corrected chi connectivity index (χ4v) is 4.35. The van der Waals surface area contributed by atoms with E-state index in [-0.39, 0.29) is 19.1 Å². The predicted octanol–water partition coefficient (Wildman–Crippen LogP) is -0.486. The van der Waals surface area contributed by atoms with Crippen molar-refractivity contribution in [3.63, 3.8) is 0 Å². The second kappa shape index (κ2) is 9.49. The quantitative estimate of drug-likeness (QED) is 0.519. The highest BCUT2D eigenvalue weighted by molar-refractivity contribution is 5.83. The summed E-state index contributed by atoms with van der Waals surface area (Å²) < 4.78 is 5.63. The molecule has 4 N–H and O–H groups in total. The van der Waals surface area contributed by atoms with Crippen molar-refractivity contribution in [2.24, 2.45) is 5.73 Å². The summed E-state index contributed by atoms with van der Waals surface area (Å²) in [5, 5.41) is 19.4. The monoisotopic (exact) mass is 428 g/mol. The van der Waals surface area contributed by atoms with Crippen LogP contribution in [0.25, 0.3) is 0 Å². The fraction of sp³-hybridized carbons (Fsp3) is 0.850. The summed E-state index contributed by atoms with van der Waals surface area (Å²) >= 11 is 0. The van der Waals surface area contributed by atoms with Crippen LogP contribution in [0.1, 0.15) is 47.5 Å². The lowest BCUT2D eigenvalue weighted by Crippen LogP contribution is -2.58. The molecule has 2 saturated heterocycles. The predicted molar refractivity (Wildman–Crippen MR) is 109 cm³/mol. The average Bonchev–Trinajstić information content (AvgIpc) is 3.20. The Morgan fingerprint density at radius 1 is 1.17 bits per heavy atom. The number of amides is 3. The van der Waals surface area contributed by atoms with Crippen LogP contribution in [-0.4, -0.2) is 105 Å². The SMILES string of the molecule is C[C@@H](O)CN1CC[C@@H](N(C(=O)OC(C)(C)C)[C@@H]2CCN(C(=O)[C@@H](C)O)C2)C1C(N)=O. The van der Waals surface area contributed by atoms with Gasteiger partial charge in [-0.25, -0.2) is 4.79 Å². The number of hydrogen-bond acceptors (Lipinski definition) is 7. The van der Waals surface area contributed by atoms with Gasteiger partial charge in [0.05, 0.1) is 18.2 Å². The molecule has 30 heavy (non-hydrogen) atoms. The van der Waals surface area contributed by atoms with Crippen LogP contribution in [0.4, 0.5) is 4.79 Å². The lowest BCUT2D eigenvalue weighted by molar-refractivity contribution is -0.138. The van der Waals surface area contributed by atoms with Crippen LogP contribution in [0, 0.1) is 0 Å². The van der Waals surface area contributed by atoms with Crippen LogP contribution in [0.3, 0.4) is 0 Å². The van der Waals surface area contributed by atoms with E-state index in [2.05, 4.69) is 0 Å². The van der Waals surface area contributed by atoms with Crippen LogP contribution in [0.15, 0.2) is 0 Å². The van der Waals surface area contributed by atoms with E-state index in [0.29, 0.717) is 25.9 Å². The molecule has 0 bridgehead atoms. The zero-order valence-electron chi connectivity index (χ0n) is 18.6. The van der Waals surface area contributed by atoms with E-state index in [4.69, 9.17) is 10.5 Å². The summed E-state index contributed by atoms with van der Waals surface area (Å²) in [6, 6.07) is -1.64. The maximum atomic E-state index is 13.2. The first kappa shape index (κ1) is 24.4. The minimum absolute atomic E-state index is 0.251. The van der Waals surface area contributed by atoms with Gasteiger partial charge in [0.1, 0.15) is 17.7 Å². The van der Waals surface area contributed by atoms with Gasteiger partial charge in [0.2, 0.25) is 5.91 Å². The Bertz CT molecular complexity index is 648. The first-order chi connectivity index (χ1) is 13.8. The molecule has 10 heteroatoms. The highest BCUT2D eigenvalue weighted by atomic mass is 16.6. The van der Waals surface area contributed by atoms with Gasteiger partial charge in [0, 0.05) is 26.2 Å². The Hall–Kier alpha value is -1.91. The number of β-amino-alcohol motifs (C(OH)–C–C–N with tert-alkyl or cyclic N) is 1. The molecule has 2 heterocycles. The van der Waals surface area contributed by atoms with Gasteiger partial charge in [0.25, 0.3) is 5.91 Å². The molecule has 10 nitrogen and oxygen atoms in total. The van der Waals surface area contributed by atoms with Gasteiger partial charge in [0.15, 0.2) is 0 Å². The number of carbonyl (C=O) groups is 3. The lowest BCUT2D eigenvalue weighted by Gasteiger charge is -2.38. The highest BCUT2D eigenvalue weighted by Crippen LogP contribution is 2.30. The number of aliphatic hydroxyl groups is 2. The van der Waals surface area contributed by atoms with Crippen molar-refractivity contribution < 1.29 is 29.3 Å². The summed E-state index contributed by atoms with van der Waals surface area (Å²) in [6.07, 6.45) is -1.32. The maximum absolute atomic E-state index is 13.2. The van der Waals surface area contributed by atoms with Crippen molar-refractivity contribution in [1.29, 1.82) is 0 Å². The van der Waals surface area contributed by atoms with Crippen LogP contribution < -0.4 is 5.73 Å². The topological polar surface area (TPSA) is 137 Å². The van der Waals surface area contributed by atoms with Crippen LogP contribution in [0.2, 0.25) is 0 Å². The maximum Gasteiger partial charge on any atom is 0.410 e. The molecule has 2 aliphatic rings. The average molecular weight is 429 g/mol. The molecule has 2 rings (SSSR count). The van der Waals surface area contributed by atoms with Gasteiger partial charge in [-0.05, 0) is 47.5 Å². The largest absolute Gasteiger partial charge is 0.444 e. The number of ether oxygens (including phenoxy) is 1. The number of nitrogens with two attached hydrogens (primary N) is 1. The molecule has 1 unspecified atom stereocenters. The molecule has 0 radical (unpaired) electrons. The van der Waals surface area contributed by atoms with Crippen molar-refractivity contribution in [3.05, 3.63) is 0 Å². The summed E-state index contributed by atoms with van der Waals surface area (Å²) in [5.41, 5.74) is 4.96. The molecule has 0 aliphatic carbocycles. The van der Waals surface area contributed by atoms with Crippen molar-refractivity contribution >= 4 is 17.9 Å². The molecular weight excluding hydrogens is 392 g/mol. The molecule has 3 amide bonds. The number of likely N-dealkylation sites (tertiary alicyclic amines) is 2. The Balaban J connectivity index is 2.31. The highest BCUT2D eigenvalue weighted by Gasteiger charge is 2.48. The zero-order chi connectivity index (χ0) is 22.8. The van der Waals surface area contributed by atoms with Crippen LogP contribution >= 0.6 is 0 Å².